The minimum Gasteiger partial charge on any atom is -0.282 e. The average Bonchev–Trinajstić information content (AvgIpc) is 3.04. The molecule has 0 aliphatic rings. The van der Waals surface area contributed by atoms with Crippen LogP contribution in [0.1, 0.15) is 11.1 Å². The van der Waals surface area contributed by atoms with Crippen LogP contribution in [0.3, 0.4) is 0 Å². The van der Waals surface area contributed by atoms with Crippen molar-refractivity contribution < 1.29 is 26.3 Å². The second-order valence-corrected chi connectivity index (χ2v) is 8.25. The number of rotatable bonds is 2. The lowest BCUT2D eigenvalue weighted by Crippen LogP contribution is -2.06. The van der Waals surface area contributed by atoms with Crippen LogP contribution in [-0.2, 0) is 12.4 Å². The minimum absolute atomic E-state index is 0.139. The lowest BCUT2D eigenvalue weighted by molar-refractivity contribution is -0.138. The molecular weight excluding hydrogens is 527 g/mol. The Labute approximate surface area is 179 Å². The second-order valence-electron chi connectivity index (χ2n) is 6.26. The first-order valence-electron chi connectivity index (χ1n) is 8.22. The molecule has 0 N–H and O–H groups in total. The maximum absolute atomic E-state index is 13.4. The van der Waals surface area contributed by atoms with Gasteiger partial charge >= 0.3 is 12.4 Å². The van der Waals surface area contributed by atoms with Gasteiger partial charge in [0.25, 0.3) is 0 Å². The van der Waals surface area contributed by atoms with Gasteiger partial charge in [-0.1, -0.05) is 24.3 Å². The number of halogens is 7. The number of nitrogens with zero attached hydrogens (tertiary/aromatic N) is 1. The summed E-state index contributed by atoms with van der Waals surface area (Å²) in [5, 5.41) is 1.17. The molecule has 0 spiro atoms. The van der Waals surface area contributed by atoms with Crippen LogP contribution < -0.4 is 3.11 Å². The van der Waals surface area contributed by atoms with Gasteiger partial charge in [-0.05, 0) is 36.4 Å². The van der Waals surface area contributed by atoms with E-state index in [9.17, 15) is 26.3 Å². The zero-order valence-electron chi connectivity index (χ0n) is 14.3. The lowest BCUT2D eigenvalue weighted by atomic mass is 10.1. The molecule has 150 valence electrons. The smallest absolute Gasteiger partial charge is 0.282 e. The van der Waals surface area contributed by atoms with Crippen molar-refractivity contribution in [3.63, 3.8) is 0 Å². The fourth-order valence-electron chi connectivity index (χ4n) is 3.10. The molecule has 1 nitrogen and oxygen atoms in total. The first kappa shape index (κ1) is 20.3. The largest absolute Gasteiger partial charge is 0.417 e. The van der Waals surface area contributed by atoms with E-state index in [-0.39, 0.29) is 4.70 Å². The molecule has 0 aliphatic carbocycles. The van der Waals surface area contributed by atoms with Gasteiger partial charge in [0, 0.05) is 15.5 Å². The van der Waals surface area contributed by atoms with Gasteiger partial charge in [-0.25, -0.2) is 0 Å². The minimum atomic E-state index is -4.47. The average molecular weight is 537 g/mol. The van der Waals surface area contributed by atoms with Crippen molar-refractivity contribution in [1.29, 1.82) is 0 Å². The summed E-state index contributed by atoms with van der Waals surface area (Å²) in [5.74, 6) is 0. The molecule has 0 saturated heterocycles. The highest BCUT2D eigenvalue weighted by Gasteiger charge is 2.34. The fraction of sp³-hybridized carbons (Fsp3) is 0.100. The van der Waals surface area contributed by atoms with Crippen LogP contribution in [0.25, 0.3) is 20.2 Å². The zero-order chi connectivity index (χ0) is 21.0. The summed E-state index contributed by atoms with van der Waals surface area (Å²) in [4.78, 5) is 0. The van der Waals surface area contributed by atoms with E-state index in [2.05, 4.69) is 0 Å². The number of thiophene rings is 1. The van der Waals surface area contributed by atoms with E-state index >= 15 is 0 Å². The van der Waals surface area contributed by atoms with Crippen molar-refractivity contribution in [2.45, 2.75) is 12.4 Å². The zero-order valence-corrected chi connectivity index (χ0v) is 17.2. The topological polar surface area (TPSA) is 3.24 Å². The van der Waals surface area contributed by atoms with Crippen LogP contribution in [0.4, 0.5) is 37.7 Å². The first-order valence-corrected chi connectivity index (χ1v) is 10.00. The van der Waals surface area contributed by atoms with Crippen LogP contribution >= 0.6 is 34.2 Å². The molecule has 0 atom stereocenters. The summed E-state index contributed by atoms with van der Waals surface area (Å²) in [6.45, 7) is 0. The molecular formula is C20H10F6INS. The Morgan fingerprint density at radius 2 is 1.28 bits per heavy atom. The Bertz CT molecular complexity index is 1190. The van der Waals surface area contributed by atoms with Gasteiger partial charge in [-0.3, -0.25) is 3.11 Å². The monoisotopic (exact) mass is 537 g/mol. The summed E-state index contributed by atoms with van der Waals surface area (Å²) in [6.07, 6.45) is -8.91. The predicted molar refractivity (Wildman–Crippen MR) is 112 cm³/mol. The number of hydrogen-bond acceptors (Lipinski definition) is 2. The number of alkyl halides is 6. The quantitative estimate of drug-likeness (QED) is 0.141. The van der Waals surface area contributed by atoms with Gasteiger partial charge in [0.2, 0.25) is 0 Å². The molecule has 4 rings (SSSR count). The molecule has 9 heteroatoms. The van der Waals surface area contributed by atoms with Crippen LogP contribution in [0.5, 0.6) is 0 Å². The van der Waals surface area contributed by atoms with E-state index in [1.54, 1.807) is 27.4 Å². The molecule has 1 aromatic heterocycles. The number of anilines is 2. The number of benzene rings is 3. The summed E-state index contributed by atoms with van der Waals surface area (Å²) in [7, 11) is 0. The first-order chi connectivity index (χ1) is 13.6. The molecule has 3 aromatic carbocycles. The molecule has 29 heavy (non-hydrogen) atoms. The third-order valence-corrected chi connectivity index (χ3v) is 6.80. The number of fused-ring (bicyclic) bond motifs is 3. The molecule has 0 unspecified atom stereocenters. The van der Waals surface area contributed by atoms with Crippen LogP contribution in [0, 0.1) is 0 Å². The van der Waals surface area contributed by atoms with E-state index in [1.165, 1.54) is 18.2 Å². The van der Waals surface area contributed by atoms with Crippen molar-refractivity contribution in [1.82, 2.24) is 0 Å². The highest BCUT2D eigenvalue weighted by atomic mass is 127. The van der Waals surface area contributed by atoms with E-state index in [0.717, 1.165) is 29.5 Å². The van der Waals surface area contributed by atoms with Gasteiger partial charge < -0.3 is 0 Å². The normalized spacial score (nSPS) is 12.7. The van der Waals surface area contributed by atoms with Gasteiger partial charge in [-0.15, -0.1) is 11.3 Å². The Hall–Kier alpha value is -2.01. The molecule has 0 bridgehead atoms. The van der Waals surface area contributed by atoms with Crippen molar-refractivity contribution in [2.75, 3.05) is 3.11 Å². The van der Waals surface area contributed by atoms with Gasteiger partial charge in [0.05, 0.1) is 50.1 Å². The number of hydrogen-bond donors (Lipinski definition) is 0. The summed E-state index contributed by atoms with van der Waals surface area (Å²) in [6, 6.07) is 13.9. The Balaban J connectivity index is 1.86. The van der Waals surface area contributed by atoms with Crippen molar-refractivity contribution in [3.05, 3.63) is 71.8 Å². The van der Waals surface area contributed by atoms with Gasteiger partial charge in [0.1, 0.15) is 0 Å². The second kappa shape index (κ2) is 7.05. The van der Waals surface area contributed by atoms with E-state index in [4.69, 9.17) is 0 Å². The van der Waals surface area contributed by atoms with E-state index < -0.39 is 23.5 Å². The Morgan fingerprint density at radius 3 is 1.86 bits per heavy atom. The molecule has 0 saturated carbocycles. The molecule has 0 fully saturated rings. The maximum Gasteiger partial charge on any atom is 0.417 e. The molecule has 0 amide bonds. The predicted octanol–water partition coefficient (Wildman–Crippen LogP) is 8.58. The van der Waals surface area contributed by atoms with Crippen molar-refractivity contribution >= 4 is 65.7 Å². The summed E-state index contributed by atoms with van der Waals surface area (Å²) in [5.41, 5.74) is -0.366. The summed E-state index contributed by atoms with van der Waals surface area (Å²) < 4.78 is 81.0. The Kier molecular flexibility index (Phi) is 4.93. The molecule has 1 heterocycles. The SMILES string of the molecule is FC(F)(F)c1ccc(N(I)c2cccc3c2sc2c(C(F)(F)F)cccc23)cc1. The highest BCUT2D eigenvalue weighted by molar-refractivity contribution is 14.1. The Morgan fingerprint density at radius 1 is 0.690 bits per heavy atom. The van der Waals surface area contributed by atoms with Gasteiger partial charge in [-0.2, -0.15) is 26.3 Å². The van der Waals surface area contributed by atoms with Gasteiger partial charge in [0.15, 0.2) is 0 Å². The van der Waals surface area contributed by atoms with Crippen molar-refractivity contribution in [3.8, 4) is 0 Å². The molecule has 0 aliphatic heterocycles. The molecule has 4 aromatic rings. The maximum atomic E-state index is 13.4. The van der Waals surface area contributed by atoms with Crippen molar-refractivity contribution in [2.24, 2.45) is 0 Å². The fourth-order valence-corrected chi connectivity index (χ4v) is 5.33. The van der Waals surface area contributed by atoms with Crippen LogP contribution in [0.2, 0.25) is 0 Å². The van der Waals surface area contributed by atoms with Crippen LogP contribution in [-0.4, -0.2) is 0 Å². The lowest BCUT2D eigenvalue weighted by Gasteiger charge is -2.18. The van der Waals surface area contributed by atoms with Crippen LogP contribution in [0.15, 0.2) is 60.7 Å². The van der Waals surface area contributed by atoms with E-state index in [1.807, 2.05) is 22.9 Å². The summed E-state index contributed by atoms with van der Waals surface area (Å²) >= 11 is 2.97. The standard InChI is InChI=1S/C20H10F6INS/c21-19(22,23)11-7-9-12(10-8-11)28(27)16-6-2-4-14-13-3-1-5-15(20(24,25)26)17(13)29-18(14)16/h1-10H. The third kappa shape index (κ3) is 3.65. The third-order valence-electron chi connectivity index (χ3n) is 4.44. The highest BCUT2D eigenvalue weighted by Crippen LogP contribution is 2.46. The van der Waals surface area contributed by atoms with E-state index in [0.29, 0.717) is 26.8 Å². The molecule has 0 radical (unpaired) electrons.